The van der Waals surface area contributed by atoms with E-state index in [2.05, 4.69) is 13.8 Å². The first-order chi connectivity index (χ1) is 8.89. The fourth-order valence-corrected chi connectivity index (χ4v) is 3.18. The van der Waals surface area contributed by atoms with Crippen LogP contribution in [-0.2, 0) is 10.8 Å². The van der Waals surface area contributed by atoms with Crippen molar-refractivity contribution in [1.29, 1.82) is 0 Å². The number of hydrogen-bond acceptors (Lipinski definition) is 0. The van der Waals surface area contributed by atoms with Crippen LogP contribution < -0.4 is 0 Å². The third-order valence-electron chi connectivity index (χ3n) is 2.68. The smallest absolute Gasteiger partial charge is 0.0930 e. The first-order valence-corrected chi connectivity index (χ1v) is 8.46. The lowest BCUT2D eigenvalue weighted by atomic mass is 9.99. The summed E-state index contributed by atoms with van der Waals surface area (Å²) < 4.78 is -5.83. The van der Waals surface area contributed by atoms with E-state index in [1.54, 1.807) is 6.07 Å². The second-order valence-electron chi connectivity index (χ2n) is 4.94. The van der Waals surface area contributed by atoms with Crippen LogP contribution in [0.1, 0.15) is 25.0 Å². The molecule has 0 heterocycles. The Hall–Kier alpha value is 1.25. The van der Waals surface area contributed by atoms with Crippen LogP contribution in [0.3, 0.4) is 0 Å². The molecule has 0 aliphatic carbocycles. The molecular formula is C13H13Cl7. The fraction of sp³-hybridized carbons (Fsp3) is 0.538. The van der Waals surface area contributed by atoms with Gasteiger partial charge in [-0.25, -0.2) is 0 Å². The molecule has 0 unspecified atom stereocenters. The average Bonchev–Trinajstić information content (AvgIpc) is 2.26. The van der Waals surface area contributed by atoms with Crippen LogP contribution in [-0.4, -0.2) is 8.13 Å². The minimum atomic E-state index is -2.05. The molecule has 7 heteroatoms. The summed E-state index contributed by atoms with van der Waals surface area (Å²) in [7, 11) is 0. The highest BCUT2D eigenvalue weighted by Crippen LogP contribution is 2.60. The van der Waals surface area contributed by atoms with Crippen LogP contribution in [0, 0.1) is 5.92 Å². The van der Waals surface area contributed by atoms with Crippen LogP contribution in [0.15, 0.2) is 24.3 Å². The van der Waals surface area contributed by atoms with Gasteiger partial charge in [-0.1, -0.05) is 119 Å². The maximum Gasteiger partial charge on any atom is 0.226 e. The van der Waals surface area contributed by atoms with Crippen molar-refractivity contribution in [2.75, 3.05) is 0 Å². The first-order valence-electron chi connectivity index (χ1n) is 5.81. The zero-order valence-electron chi connectivity index (χ0n) is 10.7. The Morgan fingerprint density at radius 3 is 1.95 bits per heavy atom. The molecule has 20 heavy (non-hydrogen) atoms. The summed E-state index contributed by atoms with van der Waals surface area (Å²) >= 11 is 42.1. The number of rotatable bonds is 4. The van der Waals surface area contributed by atoms with E-state index in [1.165, 1.54) is 0 Å². The quantitative estimate of drug-likeness (QED) is 0.460. The summed E-state index contributed by atoms with van der Waals surface area (Å²) in [5, 5.41) is 0. The lowest BCUT2D eigenvalue weighted by Crippen LogP contribution is -2.45. The molecule has 0 aliphatic rings. The Morgan fingerprint density at radius 2 is 1.50 bits per heavy atom. The average molecular weight is 417 g/mol. The van der Waals surface area contributed by atoms with Gasteiger partial charge in [0.25, 0.3) is 0 Å². The van der Waals surface area contributed by atoms with Crippen molar-refractivity contribution >= 4 is 81.2 Å². The Kier molecular flexibility index (Phi) is 6.55. The second-order valence-corrected chi connectivity index (χ2v) is 9.88. The molecule has 0 bridgehead atoms. The van der Waals surface area contributed by atoms with Gasteiger partial charge in [-0.3, -0.25) is 0 Å². The van der Waals surface area contributed by atoms with Crippen molar-refractivity contribution in [2.45, 2.75) is 32.7 Å². The van der Waals surface area contributed by atoms with E-state index in [4.69, 9.17) is 81.2 Å². The van der Waals surface area contributed by atoms with Gasteiger partial charge >= 0.3 is 0 Å². The van der Waals surface area contributed by atoms with E-state index in [-0.39, 0.29) is 0 Å². The van der Waals surface area contributed by atoms with Gasteiger partial charge in [-0.05, 0) is 23.5 Å². The summed E-state index contributed by atoms with van der Waals surface area (Å²) in [5.41, 5.74) is 1.53. The third-order valence-corrected chi connectivity index (χ3v) is 6.64. The Morgan fingerprint density at radius 1 is 0.950 bits per heavy atom. The summed E-state index contributed by atoms with van der Waals surface area (Å²) in [4.78, 5) is 0. The SMILES string of the molecule is CC(C)Cc1cccc(C(Cl)(Cl)C(Cl)(Cl)C(Cl)(Cl)Cl)c1. The number of hydrogen-bond donors (Lipinski definition) is 0. The molecule has 0 amide bonds. The van der Waals surface area contributed by atoms with Gasteiger partial charge in [0.1, 0.15) is 0 Å². The molecule has 0 fully saturated rings. The first kappa shape index (κ1) is 19.3. The predicted molar refractivity (Wildman–Crippen MR) is 93.1 cm³/mol. The molecule has 0 saturated carbocycles. The van der Waals surface area contributed by atoms with Gasteiger partial charge in [0, 0.05) is 0 Å². The van der Waals surface area contributed by atoms with Crippen LogP contribution in [0.4, 0.5) is 0 Å². The van der Waals surface area contributed by atoms with E-state index in [1.807, 2.05) is 18.2 Å². The van der Waals surface area contributed by atoms with Crippen LogP contribution in [0.2, 0.25) is 0 Å². The van der Waals surface area contributed by atoms with Gasteiger partial charge in [0.05, 0.1) is 0 Å². The van der Waals surface area contributed by atoms with Crippen molar-refractivity contribution in [3.8, 4) is 0 Å². The van der Waals surface area contributed by atoms with Crippen molar-refractivity contribution in [3.63, 3.8) is 0 Å². The Labute approximate surface area is 154 Å². The molecule has 0 spiro atoms. The van der Waals surface area contributed by atoms with E-state index < -0.39 is 12.5 Å². The lowest BCUT2D eigenvalue weighted by molar-refractivity contribution is 0.644. The highest BCUT2D eigenvalue weighted by molar-refractivity contribution is 6.78. The molecule has 0 saturated heterocycles. The molecule has 1 aromatic rings. The zero-order valence-corrected chi connectivity index (χ0v) is 16.0. The van der Waals surface area contributed by atoms with Gasteiger partial charge in [0.15, 0.2) is 4.33 Å². The molecule has 0 aromatic heterocycles. The molecule has 0 N–H and O–H groups in total. The van der Waals surface area contributed by atoms with Gasteiger partial charge in [0.2, 0.25) is 8.13 Å². The minimum Gasteiger partial charge on any atom is -0.0930 e. The largest absolute Gasteiger partial charge is 0.226 e. The topological polar surface area (TPSA) is 0 Å². The number of alkyl halides is 7. The van der Waals surface area contributed by atoms with Gasteiger partial charge in [-0.2, -0.15) is 0 Å². The second kappa shape index (κ2) is 6.79. The third kappa shape index (κ3) is 4.16. The van der Waals surface area contributed by atoms with Crippen molar-refractivity contribution < 1.29 is 0 Å². The normalized spacial score (nSPS) is 13.9. The molecular weight excluding hydrogens is 404 g/mol. The summed E-state index contributed by atoms with van der Waals surface area (Å²) in [6.45, 7) is 4.21. The summed E-state index contributed by atoms with van der Waals surface area (Å²) in [6.07, 6.45) is 0.864. The number of halogens is 7. The zero-order chi connectivity index (χ0) is 15.8. The maximum atomic E-state index is 6.29. The van der Waals surface area contributed by atoms with E-state index in [0.29, 0.717) is 11.5 Å². The van der Waals surface area contributed by atoms with Crippen LogP contribution in [0.25, 0.3) is 0 Å². The molecule has 0 atom stereocenters. The van der Waals surface area contributed by atoms with E-state index >= 15 is 0 Å². The molecule has 0 radical (unpaired) electrons. The van der Waals surface area contributed by atoms with Crippen molar-refractivity contribution in [3.05, 3.63) is 35.4 Å². The van der Waals surface area contributed by atoms with E-state index in [9.17, 15) is 0 Å². The lowest BCUT2D eigenvalue weighted by Gasteiger charge is -2.38. The van der Waals surface area contributed by atoms with Crippen molar-refractivity contribution in [2.24, 2.45) is 5.92 Å². The van der Waals surface area contributed by atoms with Gasteiger partial charge < -0.3 is 0 Å². The molecule has 1 aromatic carbocycles. The molecule has 114 valence electrons. The highest BCUT2D eigenvalue weighted by atomic mass is 35.6. The minimum absolute atomic E-state index is 0.482. The molecule has 1 rings (SSSR count). The Bertz CT molecular complexity index is 460. The maximum absolute atomic E-state index is 6.29. The van der Waals surface area contributed by atoms with Crippen LogP contribution in [0.5, 0.6) is 0 Å². The standard InChI is InChI=1S/C13H13Cl7/c1-8(2)6-9-4-3-5-10(7-9)11(14,15)12(16,17)13(18,19)20/h3-5,7-8H,6H2,1-2H3. The number of benzene rings is 1. The monoisotopic (exact) mass is 414 g/mol. The van der Waals surface area contributed by atoms with Crippen molar-refractivity contribution in [1.82, 2.24) is 0 Å². The van der Waals surface area contributed by atoms with Gasteiger partial charge in [-0.15, -0.1) is 0 Å². The van der Waals surface area contributed by atoms with E-state index in [0.717, 1.165) is 12.0 Å². The van der Waals surface area contributed by atoms with Crippen LogP contribution >= 0.6 is 81.2 Å². The summed E-state index contributed by atoms with van der Waals surface area (Å²) in [6, 6.07) is 7.29. The summed E-state index contributed by atoms with van der Waals surface area (Å²) in [5.74, 6) is 0.482. The Balaban J connectivity index is 3.22. The molecule has 0 nitrogen and oxygen atoms in total. The fourth-order valence-electron chi connectivity index (χ4n) is 1.72. The molecule has 0 aliphatic heterocycles. The predicted octanol–water partition coefficient (Wildman–Crippen LogP) is 7.06. The highest BCUT2D eigenvalue weighted by Gasteiger charge is 2.60.